The Kier molecular flexibility index (Phi) is 3.25. The highest BCUT2D eigenvalue weighted by Crippen LogP contribution is 2.14. The van der Waals surface area contributed by atoms with Gasteiger partial charge in [-0.05, 0) is 0 Å². The standard InChI is InChI=1S/C7H7N3O.C2H6/c1-11-6-2-3-9-10-5-4-8-7(6)10;1-2/h2-5H,1H3;1-2H3. The van der Waals surface area contributed by atoms with Gasteiger partial charge in [0.1, 0.15) is 0 Å². The molecule has 0 amide bonds. The molecule has 0 saturated carbocycles. The van der Waals surface area contributed by atoms with Crippen molar-refractivity contribution in [2.24, 2.45) is 0 Å². The van der Waals surface area contributed by atoms with Gasteiger partial charge in [0.2, 0.25) is 0 Å². The molecule has 0 saturated heterocycles. The summed E-state index contributed by atoms with van der Waals surface area (Å²) in [5.74, 6) is 0.741. The average molecular weight is 179 g/mol. The van der Waals surface area contributed by atoms with E-state index in [0.717, 1.165) is 11.4 Å². The van der Waals surface area contributed by atoms with Crippen LogP contribution in [0.5, 0.6) is 5.75 Å². The van der Waals surface area contributed by atoms with Crippen molar-refractivity contribution in [2.45, 2.75) is 13.8 Å². The van der Waals surface area contributed by atoms with Crippen LogP contribution < -0.4 is 4.74 Å². The summed E-state index contributed by atoms with van der Waals surface area (Å²) in [7, 11) is 1.62. The third-order valence-corrected chi connectivity index (χ3v) is 1.48. The van der Waals surface area contributed by atoms with Crippen molar-refractivity contribution in [3.63, 3.8) is 0 Å². The Balaban J connectivity index is 0.000000396. The molecule has 0 radical (unpaired) electrons. The minimum atomic E-state index is 0.741. The van der Waals surface area contributed by atoms with E-state index in [9.17, 15) is 0 Å². The zero-order valence-electron chi connectivity index (χ0n) is 8.06. The summed E-state index contributed by atoms with van der Waals surface area (Å²) in [6, 6.07) is 1.78. The smallest absolute Gasteiger partial charge is 0.196 e. The van der Waals surface area contributed by atoms with Crippen LogP contribution in [0.3, 0.4) is 0 Å². The molecule has 0 aliphatic rings. The van der Waals surface area contributed by atoms with E-state index < -0.39 is 0 Å². The fourth-order valence-electron chi connectivity index (χ4n) is 0.973. The largest absolute Gasteiger partial charge is 0.493 e. The van der Waals surface area contributed by atoms with Crippen molar-refractivity contribution >= 4 is 5.65 Å². The molecule has 0 aromatic carbocycles. The van der Waals surface area contributed by atoms with Crippen LogP contribution in [0.4, 0.5) is 0 Å². The number of methoxy groups -OCH3 is 1. The summed E-state index contributed by atoms with van der Waals surface area (Å²) in [6.45, 7) is 4.00. The van der Waals surface area contributed by atoms with Crippen LogP contribution in [0.2, 0.25) is 0 Å². The van der Waals surface area contributed by atoms with Crippen molar-refractivity contribution in [1.82, 2.24) is 14.6 Å². The van der Waals surface area contributed by atoms with E-state index in [1.54, 1.807) is 36.3 Å². The molecule has 2 rings (SSSR count). The molecule has 0 atom stereocenters. The molecule has 4 heteroatoms. The van der Waals surface area contributed by atoms with Gasteiger partial charge in [-0.3, -0.25) is 0 Å². The summed E-state index contributed by atoms with van der Waals surface area (Å²) in [6.07, 6.45) is 5.14. The summed E-state index contributed by atoms with van der Waals surface area (Å²) >= 11 is 0. The number of hydrogen-bond donors (Lipinski definition) is 0. The second-order valence-corrected chi connectivity index (χ2v) is 2.10. The van der Waals surface area contributed by atoms with Crippen LogP contribution in [-0.4, -0.2) is 21.7 Å². The molecule has 70 valence electrons. The quantitative estimate of drug-likeness (QED) is 0.669. The second kappa shape index (κ2) is 4.45. The van der Waals surface area contributed by atoms with Gasteiger partial charge in [-0.25, -0.2) is 9.50 Å². The first-order valence-electron chi connectivity index (χ1n) is 4.24. The first-order chi connectivity index (χ1) is 6.42. The van der Waals surface area contributed by atoms with Crippen LogP contribution in [0.25, 0.3) is 5.65 Å². The van der Waals surface area contributed by atoms with Crippen molar-refractivity contribution < 1.29 is 4.74 Å². The highest BCUT2D eigenvalue weighted by Gasteiger charge is 2.00. The Labute approximate surface area is 77.2 Å². The zero-order chi connectivity index (χ0) is 9.68. The number of hydrogen-bond acceptors (Lipinski definition) is 3. The van der Waals surface area contributed by atoms with Gasteiger partial charge in [-0.2, -0.15) is 5.10 Å². The first-order valence-corrected chi connectivity index (χ1v) is 4.24. The van der Waals surface area contributed by atoms with E-state index in [1.165, 1.54) is 0 Å². The lowest BCUT2D eigenvalue weighted by molar-refractivity contribution is 0.415. The van der Waals surface area contributed by atoms with Gasteiger partial charge in [-0.1, -0.05) is 13.8 Å². The minimum Gasteiger partial charge on any atom is -0.493 e. The van der Waals surface area contributed by atoms with E-state index in [2.05, 4.69) is 10.1 Å². The lowest BCUT2D eigenvalue weighted by Crippen LogP contribution is -1.92. The third kappa shape index (κ3) is 1.77. The van der Waals surface area contributed by atoms with Gasteiger partial charge < -0.3 is 4.74 Å². The fourth-order valence-corrected chi connectivity index (χ4v) is 0.973. The van der Waals surface area contributed by atoms with Gasteiger partial charge in [0.05, 0.1) is 13.3 Å². The highest BCUT2D eigenvalue weighted by molar-refractivity contribution is 5.51. The Morgan fingerprint density at radius 1 is 1.31 bits per heavy atom. The monoisotopic (exact) mass is 179 g/mol. The van der Waals surface area contributed by atoms with Crippen LogP contribution >= 0.6 is 0 Å². The van der Waals surface area contributed by atoms with Crippen molar-refractivity contribution in [2.75, 3.05) is 7.11 Å². The van der Waals surface area contributed by atoms with Gasteiger partial charge in [-0.15, -0.1) is 0 Å². The molecule has 2 heterocycles. The molecule has 0 spiro atoms. The maximum absolute atomic E-state index is 5.06. The van der Waals surface area contributed by atoms with Crippen molar-refractivity contribution in [3.8, 4) is 5.75 Å². The number of aromatic nitrogens is 3. The Hall–Kier alpha value is -1.58. The summed E-state index contributed by atoms with van der Waals surface area (Å²) < 4.78 is 6.73. The highest BCUT2D eigenvalue weighted by atomic mass is 16.5. The van der Waals surface area contributed by atoms with Crippen LogP contribution in [0, 0.1) is 0 Å². The second-order valence-electron chi connectivity index (χ2n) is 2.10. The molecular weight excluding hydrogens is 166 g/mol. The molecule has 13 heavy (non-hydrogen) atoms. The maximum Gasteiger partial charge on any atom is 0.196 e. The number of nitrogens with zero attached hydrogens (tertiary/aromatic N) is 3. The Morgan fingerprint density at radius 2 is 2.08 bits per heavy atom. The molecule has 2 aromatic heterocycles. The van der Waals surface area contributed by atoms with Crippen LogP contribution in [0.15, 0.2) is 24.7 Å². The third-order valence-electron chi connectivity index (χ3n) is 1.48. The van der Waals surface area contributed by atoms with E-state index in [0.29, 0.717) is 0 Å². The molecule has 0 aliphatic heterocycles. The van der Waals surface area contributed by atoms with E-state index in [4.69, 9.17) is 4.74 Å². The lowest BCUT2D eigenvalue weighted by Gasteiger charge is -1.98. The molecule has 4 nitrogen and oxygen atoms in total. The van der Waals surface area contributed by atoms with Crippen molar-refractivity contribution in [3.05, 3.63) is 24.7 Å². The normalized spacial score (nSPS) is 9.15. The molecule has 0 unspecified atom stereocenters. The molecule has 0 aliphatic carbocycles. The fraction of sp³-hybridized carbons (Fsp3) is 0.333. The molecule has 0 fully saturated rings. The Bertz CT molecular complexity index is 370. The van der Waals surface area contributed by atoms with Gasteiger partial charge in [0, 0.05) is 18.5 Å². The number of imidazole rings is 1. The van der Waals surface area contributed by atoms with Crippen LogP contribution in [-0.2, 0) is 0 Å². The summed E-state index contributed by atoms with van der Waals surface area (Å²) in [5, 5.41) is 4.02. The van der Waals surface area contributed by atoms with Gasteiger partial charge in [0.25, 0.3) is 0 Å². The van der Waals surface area contributed by atoms with Crippen molar-refractivity contribution in [1.29, 1.82) is 0 Å². The number of ether oxygens (including phenoxy) is 1. The molecular formula is C9H13N3O. The first kappa shape index (κ1) is 9.51. The maximum atomic E-state index is 5.06. The minimum absolute atomic E-state index is 0.741. The SMILES string of the molecule is CC.COc1ccnn2ccnc12. The molecule has 2 aromatic rings. The molecule has 0 bridgehead atoms. The van der Waals surface area contributed by atoms with E-state index in [-0.39, 0.29) is 0 Å². The zero-order valence-corrected chi connectivity index (χ0v) is 8.06. The lowest BCUT2D eigenvalue weighted by atomic mass is 10.5. The van der Waals surface area contributed by atoms with E-state index in [1.807, 2.05) is 13.8 Å². The molecule has 0 N–H and O–H groups in total. The van der Waals surface area contributed by atoms with Gasteiger partial charge in [0.15, 0.2) is 11.4 Å². The van der Waals surface area contributed by atoms with E-state index >= 15 is 0 Å². The topological polar surface area (TPSA) is 39.4 Å². The Morgan fingerprint density at radius 3 is 2.77 bits per heavy atom. The summed E-state index contributed by atoms with van der Waals surface area (Å²) in [5.41, 5.74) is 0.745. The summed E-state index contributed by atoms with van der Waals surface area (Å²) in [4.78, 5) is 4.06. The number of fused-ring (bicyclic) bond motifs is 1. The van der Waals surface area contributed by atoms with Gasteiger partial charge >= 0.3 is 0 Å². The number of rotatable bonds is 1. The average Bonchev–Trinajstić information content (AvgIpc) is 2.68. The van der Waals surface area contributed by atoms with Crippen LogP contribution in [0.1, 0.15) is 13.8 Å². The predicted octanol–water partition coefficient (Wildman–Crippen LogP) is 1.76. The predicted molar refractivity (Wildman–Crippen MR) is 50.9 cm³/mol.